The van der Waals surface area contributed by atoms with Crippen molar-refractivity contribution >= 4 is 16.9 Å². The number of amides is 1. The number of likely N-dealkylation sites (N-methyl/N-ethyl adjacent to an activating group) is 1. The summed E-state index contributed by atoms with van der Waals surface area (Å²) in [5.74, 6) is 0.342. The highest BCUT2D eigenvalue weighted by atomic mass is 19.1. The summed E-state index contributed by atoms with van der Waals surface area (Å²) < 4.78 is 19.6. The van der Waals surface area contributed by atoms with Crippen LogP contribution < -0.4 is 5.32 Å². The summed E-state index contributed by atoms with van der Waals surface area (Å²) in [5.41, 5.74) is 1.87. The molecule has 1 heterocycles. The second kappa shape index (κ2) is 7.07. The first-order chi connectivity index (χ1) is 12.0. The SMILES string of the molecule is Cc1cc2cc(C(=O)NC[C@H](c3ccccc3F)N(C)C)ccc2o1. The summed E-state index contributed by atoms with van der Waals surface area (Å²) in [7, 11) is 3.73. The fourth-order valence-electron chi connectivity index (χ4n) is 2.92. The normalized spacial score (nSPS) is 12.5. The molecule has 0 bridgehead atoms. The number of hydrogen-bond donors (Lipinski definition) is 1. The predicted molar refractivity (Wildman–Crippen MR) is 96.1 cm³/mol. The van der Waals surface area contributed by atoms with E-state index in [9.17, 15) is 9.18 Å². The number of benzene rings is 2. The van der Waals surface area contributed by atoms with Crippen LogP contribution in [0.25, 0.3) is 11.0 Å². The van der Waals surface area contributed by atoms with Gasteiger partial charge >= 0.3 is 0 Å². The van der Waals surface area contributed by atoms with Gasteiger partial charge in [-0.1, -0.05) is 18.2 Å². The lowest BCUT2D eigenvalue weighted by atomic mass is 10.0. The van der Waals surface area contributed by atoms with E-state index >= 15 is 0 Å². The molecule has 25 heavy (non-hydrogen) atoms. The second-order valence-corrected chi connectivity index (χ2v) is 6.32. The third-order valence-electron chi connectivity index (χ3n) is 4.25. The molecule has 0 unspecified atom stereocenters. The Hall–Kier alpha value is -2.66. The van der Waals surface area contributed by atoms with Crippen LogP contribution in [0.2, 0.25) is 0 Å². The number of rotatable bonds is 5. The Kier molecular flexibility index (Phi) is 4.86. The van der Waals surface area contributed by atoms with E-state index in [1.165, 1.54) is 6.07 Å². The molecule has 0 aliphatic rings. The van der Waals surface area contributed by atoms with Gasteiger partial charge in [0.2, 0.25) is 0 Å². The van der Waals surface area contributed by atoms with Gasteiger partial charge in [0.05, 0.1) is 6.04 Å². The maximum Gasteiger partial charge on any atom is 0.251 e. The van der Waals surface area contributed by atoms with Crippen LogP contribution in [0, 0.1) is 12.7 Å². The minimum Gasteiger partial charge on any atom is -0.461 e. The molecule has 1 N–H and O–H groups in total. The minimum atomic E-state index is -0.272. The molecule has 5 heteroatoms. The van der Waals surface area contributed by atoms with Gasteiger partial charge in [-0.05, 0) is 51.4 Å². The van der Waals surface area contributed by atoms with Crippen LogP contribution in [0.15, 0.2) is 52.9 Å². The number of carbonyl (C=O) groups excluding carboxylic acids is 1. The first kappa shape index (κ1) is 17.2. The van der Waals surface area contributed by atoms with Crippen molar-refractivity contribution in [1.82, 2.24) is 10.2 Å². The molecule has 2 aromatic carbocycles. The molecule has 0 spiro atoms. The Morgan fingerprint density at radius 2 is 1.96 bits per heavy atom. The number of carbonyl (C=O) groups is 1. The predicted octanol–water partition coefficient (Wildman–Crippen LogP) is 3.91. The number of furan rings is 1. The van der Waals surface area contributed by atoms with Crippen molar-refractivity contribution in [3.8, 4) is 0 Å². The summed E-state index contributed by atoms with van der Waals surface area (Å²) in [6.07, 6.45) is 0. The van der Waals surface area contributed by atoms with Crippen LogP contribution in [0.1, 0.15) is 27.7 Å². The van der Waals surface area contributed by atoms with Gasteiger partial charge < -0.3 is 14.6 Å². The average Bonchev–Trinajstić information content (AvgIpc) is 2.95. The Balaban J connectivity index is 1.75. The van der Waals surface area contributed by atoms with Gasteiger partial charge in [0.15, 0.2) is 0 Å². The van der Waals surface area contributed by atoms with Crippen LogP contribution in [0.4, 0.5) is 4.39 Å². The standard InChI is InChI=1S/C20H21FN2O2/c1-13-10-15-11-14(8-9-19(15)25-13)20(24)22-12-18(23(2)3)16-6-4-5-7-17(16)21/h4-11,18H,12H2,1-3H3,(H,22,24)/t18-/m1/s1. The number of hydrogen-bond acceptors (Lipinski definition) is 3. The number of nitrogens with zero attached hydrogens (tertiary/aromatic N) is 1. The molecule has 3 aromatic rings. The van der Waals surface area contributed by atoms with Crippen molar-refractivity contribution in [3.63, 3.8) is 0 Å². The lowest BCUT2D eigenvalue weighted by molar-refractivity contribution is 0.0941. The van der Waals surface area contributed by atoms with Crippen LogP contribution in [0.3, 0.4) is 0 Å². The summed E-state index contributed by atoms with van der Waals surface area (Å²) >= 11 is 0. The van der Waals surface area contributed by atoms with Crippen molar-refractivity contribution in [2.45, 2.75) is 13.0 Å². The zero-order valence-corrected chi connectivity index (χ0v) is 14.5. The van der Waals surface area contributed by atoms with Crippen molar-refractivity contribution in [2.75, 3.05) is 20.6 Å². The number of halogens is 1. The summed E-state index contributed by atoms with van der Waals surface area (Å²) in [6, 6.07) is 13.6. The highest BCUT2D eigenvalue weighted by Crippen LogP contribution is 2.22. The largest absolute Gasteiger partial charge is 0.461 e. The van der Waals surface area contributed by atoms with Crippen molar-refractivity contribution in [2.24, 2.45) is 0 Å². The molecular formula is C20H21FN2O2. The van der Waals surface area contributed by atoms with Crippen molar-refractivity contribution in [3.05, 3.63) is 71.2 Å². The molecule has 0 saturated heterocycles. The average molecular weight is 340 g/mol. The second-order valence-electron chi connectivity index (χ2n) is 6.32. The smallest absolute Gasteiger partial charge is 0.251 e. The molecule has 0 saturated carbocycles. The van der Waals surface area contributed by atoms with Crippen LogP contribution in [-0.2, 0) is 0 Å². The third kappa shape index (κ3) is 3.72. The van der Waals surface area contributed by atoms with Crippen molar-refractivity contribution < 1.29 is 13.6 Å². The highest BCUT2D eigenvalue weighted by Gasteiger charge is 2.19. The zero-order chi connectivity index (χ0) is 18.0. The van der Waals surface area contributed by atoms with Gasteiger partial charge in [0.25, 0.3) is 5.91 Å². The quantitative estimate of drug-likeness (QED) is 0.766. The number of nitrogens with one attached hydrogen (secondary N) is 1. The van der Waals surface area contributed by atoms with Gasteiger partial charge in [-0.2, -0.15) is 0 Å². The molecule has 1 atom stereocenters. The van der Waals surface area contributed by atoms with E-state index in [1.807, 2.05) is 32.0 Å². The van der Waals surface area contributed by atoms with Crippen molar-refractivity contribution in [1.29, 1.82) is 0 Å². The fraction of sp³-hybridized carbons (Fsp3) is 0.250. The van der Waals surface area contributed by atoms with E-state index in [0.717, 1.165) is 16.7 Å². The van der Waals surface area contributed by atoms with Gasteiger partial charge in [0, 0.05) is 23.1 Å². The van der Waals surface area contributed by atoms with Crippen LogP contribution >= 0.6 is 0 Å². The zero-order valence-electron chi connectivity index (χ0n) is 14.5. The van der Waals surface area contributed by atoms with Crippen LogP contribution in [0.5, 0.6) is 0 Å². The van der Waals surface area contributed by atoms with E-state index in [2.05, 4.69) is 5.32 Å². The Bertz CT molecular complexity index is 902. The molecule has 0 aliphatic heterocycles. The summed E-state index contributed by atoms with van der Waals surface area (Å²) in [6.45, 7) is 2.19. The van der Waals surface area contributed by atoms with Gasteiger partial charge in [-0.3, -0.25) is 4.79 Å². The van der Waals surface area contributed by atoms with E-state index in [0.29, 0.717) is 17.7 Å². The van der Waals surface area contributed by atoms with Gasteiger partial charge in [-0.15, -0.1) is 0 Å². The van der Waals surface area contributed by atoms with E-state index in [4.69, 9.17) is 4.42 Å². The lowest BCUT2D eigenvalue weighted by Crippen LogP contribution is -2.35. The highest BCUT2D eigenvalue weighted by molar-refractivity contribution is 5.97. The maximum atomic E-state index is 14.1. The first-order valence-corrected chi connectivity index (χ1v) is 8.15. The third-order valence-corrected chi connectivity index (χ3v) is 4.25. The fourth-order valence-corrected chi connectivity index (χ4v) is 2.92. The van der Waals surface area contributed by atoms with E-state index < -0.39 is 0 Å². The molecule has 1 aromatic heterocycles. The molecule has 4 nitrogen and oxygen atoms in total. The minimum absolute atomic E-state index is 0.191. The Morgan fingerprint density at radius 1 is 1.20 bits per heavy atom. The Morgan fingerprint density at radius 3 is 2.68 bits per heavy atom. The van der Waals surface area contributed by atoms with Crippen LogP contribution in [-0.4, -0.2) is 31.4 Å². The molecule has 1 amide bonds. The molecule has 0 aliphatic carbocycles. The molecule has 0 radical (unpaired) electrons. The number of aryl methyl sites for hydroxylation is 1. The molecule has 130 valence electrons. The maximum absolute atomic E-state index is 14.1. The lowest BCUT2D eigenvalue weighted by Gasteiger charge is -2.25. The summed E-state index contributed by atoms with van der Waals surface area (Å²) in [5, 5.41) is 3.79. The monoisotopic (exact) mass is 340 g/mol. The first-order valence-electron chi connectivity index (χ1n) is 8.15. The van der Waals surface area contributed by atoms with E-state index in [-0.39, 0.29) is 17.8 Å². The molecule has 3 rings (SSSR count). The van der Waals surface area contributed by atoms with Gasteiger partial charge in [0.1, 0.15) is 17.2 Å². The van der Waals surface area contributed by atoms with E-state index in [1.54, 1.807) is 36.4 Å². The summed E-state index contributed by atoms with van der Waals surface area (Å²) in [4.78, 5) is 14.4. The number of fused-ring (bicyclic) bond motifs is 1. The topological polar surface area (TPSA) is 45.5 Å². The van der Waals surface area contributed by atoms with Gasteiger partial charge in [-0.25, -0.2) is 4.39 Å². The molecule has 0 fully saturated rings. The Labute approximate surface area is 146 Å². The molecular weight excluding hydrogens is 319 g/mol.